The summed E-state index contributed by atoms with van der Waals surface area (Å²) in [6, 6.07) is 9.32. The fourth-order valence-electron chi connectivity index (χ4n) is 1.66. The molecule has 1 heterocycles. The molecule has 2 amide bonds. The van der Waals surface area contributed by atoms with E-state index < -0.39 is 34.1 Å². The normalized spacial score (nSPS) is 11.1. The maximum Gasteiger partial charge on any atom is 0.447 e. The zero-order valence-electron chi connectivity index (χ0n) is 12.8. The van der Waals surface area contributed by atoms with Crippen LogP contribution in [0.5, 0.6) is 0 Å². The number of amides is 2. The first-order chi connectivity index (χ1) is 12.2. The van der Waals surface area contributed by atoms with Crippen molar-refractivity contribution < 1.29 is 22.8 Å². The van der Waals surface area contributed by atoms with Gasteiger partial charge in [-0.1, -0.05) is 11.6 Å². The lowest BCUT2D eigenvalue weighted by Crippen LogP contribution is -2.42. The molecule has 2 N–H and O–H groups in total. The summed E-state index contributed by atoms with van der Waals surface area (Å²) < 4.78 is 37.5. The number of benzene rings is 1. The van der Waals surface area contributed by atoms with Crippen LogP contribution in [-0.2, 0) is 4.79 Å². The molecule has 5 nitrogen and oxygen atoms in total. The predicted molar refractivity (Wildman–Crippen MR) is 93.9 cm³/mol. The van der Waals surface area contributed by atoms with Crippen molar-refractivity contribution in [2.45, 2.75) is 15.4 Å². The Hall–Kier alpha value is -1.91. The van der Waals surface area contributed by atoms with E-state index in [4.69, 9.17) is 11.6 Å². The second kappa shape index (κ2) is 9.15. The van der Waals surface area contributed by atoms with E-state index in [1.807, 2.05) is 0 Å². The van der Waals surface area contributed by atoms with Crippen LogP contribution in [0, 0.1) is 0 Å². The monoisotopic (exact) mass is 421 g/mol. The number of hydrogen-bond acceptors (Lipinski definition) is 5. The maximum atomic E-state index is 12.5. The molecule has 0 bridgehead atoms. The largest absolute Gasteiger partial charge is 0.447 e. The molecule has 26 heavy (non-hydrogen) atoms. The minimum Gasteiger partial charge on any atom is -0.272 e. The molecule has 11 heteroatoms. The first-order valence-corrected chi connectivity index (χ1v) is 9.11. The maximum absolute atomic E-state index is 12.5. The van der Waals surface area contributed by atoms with Crippen LogP contribution in [0.25, 0.3) is 0 Å². The molecule has 1 aromatic heterocycles. The second-order valence-electron chi connectivity index (χ2n) is 4.65. The Morgan fingerprint density at radius 3 is 2.46 bits per heavy atom. The van der Waals surface area contributed by atoms with Crippen LogP contribution in [0.4, 0.5) is 13.2 Å². The molecule has 0 saturated carbocycles. The van der Waals surface area contributed by atoms with Crippen LogP contribution in [0.15, 0.2) is 52.5 Å². The highest BCUT2D eigenvalue weighted by Gasteiger charge is 2.32. The molecule has 0 aliphatic carbocycles. The molecule has 0 unspecified atom stereocenters. The first kappa shape index (κ1) is 20.4. The summed E-state index contributed by atoms with van der Waals surface area (Å²) in [5, 5.41) is 0.0670. The summed E-state index contributed by atoms with van der Waals surface area (Å²) in [4.78, 5) is 28.1. The van der Waals surface area contributed by atoms with Crippen LogP contribution in [0.3, 0.4) is 0 Å². The molecule has 2 rings (SSSR count). The summed E-state index contributed by atoms with van der Waals surface area (Å²) in [5.74, 6) is -1.42. The third-order valence-electron chi connectivity index (χ3n) is 2.73. The molecule has 0 spiro atoms. The number of thioether (sulfide) groups is 2. The molecular formula is C15H11ClF3N3O2S2. The topological polar surface area (TPSA) is 71.1 Å². The Morgan fingerprint density at radius 2 is 1.81 bits per heavy atom. The molecule has 0 fully saturated rings. The van der Waals surface area contributed by atoms with Crippen LogP contribution in [-0.4, -0.2) is 28.1 Å². The molecule has 2 aromatic rings. The fraction of sp³-hybridized carbons (Fsp3) is 0.133. The van der Waals surface area contributed by atoms with Gasteiger partial charge in [0.25, 0.3) is 5.91 Å². The van der Waals surface area contributed by atoms with Crippen molar-refractivity contribution in [1.82, 2.24) is 15.8 Å². The molecule has 0 aliphatic heterocycles. The molecule has 0 atom stereocenters. The van der Waals surface area contributed by atoms with Crippen molar-refractivity contribution >= 4 is 46.9 Å². The standard InChI is InChI=1S/C15H11ClF3N3O2S2/c16-9-3-5-10(6-4-9)25-8-12(23)21-22-13(24)11-2-1-7-20-14(11)26-15(17,18)19/h1-7H,8H2,(H,21,23)(H,22,24). The van der Waals surface area contributed by atoms with Crippen molar-refractivity contribution in [1.29, 1.82) is 0 Å². The van der Waals surface area contributed by atoms with Gasteiger partial charge in [-0.25, -0.2) is 4.98 Å². The van der Waals surface area contributed by atoms with Crippen molar-refractivity contribution in [2.75, 3.05) is 5.75 Å². The molecule has 0 aliphatic rings. The van der Waals surface area contributed by atoms with Crippen LogP contribution in [0.1, 0.15) is 10.4 Å². The average molecular weight is 422 g/mol. The van der Waals surface area contributed by atoms with Crippen LogP contribution < -0.4 is 10.9 Å². The van der Waals surface area contributed by atoms with Gasteiger partial charge >= 0.3 is 5.51 Å². The Morgan fingerprint density at radius 1 is 1.12 bits per heavy atom. The van der Waals surface area contributed by atoms with Crippen molar-refractivity contribution in [3.05, 3.63) is 53.2 Å². The predicted octanol–water partition coefficient (Wildman–Crippen LogP) is 3.90. The zero-order chi connectivity index (χ0) is 19.2. The van der Waals surface area contributed by atoms with Crippen molar-refractivity contribution in [2.24, 2.45) is 0 Å². The fourth-order valence-corrected chi connectivity index (χ4v) is 3.09. The number of hydrazine groups is 1. The minimum atomic E-state index is -4.58. The number of halogens is 4. The summed E-state index contributed by atoms with van der Waals surface area (Å²) >= 11 is 6.46. The van der Waals surface area contributed by atoms with E-state index in [2.05, 4.69) is 15.8 Å². The van der Waals surface area contributed by atoms with Gasteiger partial charge in [0.05, 0.1) is 11.3 Å². The van der Waals surface area contributed by atoms with Gasteiger partial charge in [0, 0.05) is 27.9 Å². The number of rotatable bonds is 5. The third-order valence-corrected chi connectivity index (χ3v) is 4.74. The van der Waals surface area contributed by atoms with E-state index >= 15 is 0 Å². The summed E-state index contributed by atoms with van der Waals surface area (Å²) in [5.41, 5.74) is -0.647. The Balaban J connectivity index is 1.88. The van der Waals surface area contributed by atoms with Gasteiger partial charge in [-0.3, -0.25) is 20.4 Å². The van der Waals surface area contributed by atoms with E-state index in [1.165, 1.54) is 23.9 Å². The Bertz CT molecular complexity index is 788. The highest BCUT2D eigenvalue weighted by molar-refractivity contribution is 8.00. The number of carbonyl (C=O) groups is 2. The Kier molecular flexibility index (Phi) is 7.18. The van der Waals surface area contributed by atoms with Crippen molar-refractivity contribution in [3.8, 4) is 0 Å². The SMILES string of the molecule is O=C(CSc1ccc(Cl)cc1)NNC(=O)c1cccnc1SC(F)(F)F. The van der Waals surface area contributed by atoms with Gasteiger partial charge in [-0.05, 0) is 36.4 Å². The second-order valence-corrected chi connectivity index (χ2v) is 7.19. The van der Waals surface area contributed by atoms with Crippen LogP contribution >= 0.6 is 35.1 Å². The summed E-state index contributed by atoms with van der Waals surface area (Å²) in [7, 11) is 0. The highest BCUT2D eigenvalue weighted by Crippen LogP contribution is 2.37. The van der Waals surface area contributed by atoms with E-state index in [0.29, 0.717) is 5.02 Å². The van der Waals surface area contributed by atoms with Gasteiger partial charge in [0.2, 0.25) is 5.91 Å². The molecule has 1 aromatic carbocycles. The minimum absolute atomic E-state index is 0.000883. The number of nitrogens with zero attached hydrogens (tertiary/aromatic N) is 1. The number of pyridine rings is 1. The smallest absolute Gasteiger partial charge is 0.272 e. The van der Waals surface area contributed by atoms with Gasteiger partial charge < -0.3 is 0 Å². The number of aromatic nitrogens is 1. The first-order valence-electron chi connectivity index (χ1n) is 6.93. The zero-order valence-corrected chi connectivity index (χ0v) is 15.2. The van der Waals surface area contributed by atoms with E-state index in [-0.39, 0.29) is 11.3 Å². The van der Waals surface area contributed by atoms with Gasteiger partial charge in [-0.2, -0.15) is 13.2 Å². The average Bonchev–Trinajstić information content (AvgIpc) is 2.58. The van der Waals surface area contributed by atoms with Gasteiger partial charge in [0.1, 0.15) is 5.03 Å². The number of nitrogens with one attached hydrogen (secondary N) is 2. The lowest BCUT2D eigenvalue weighted by molar-refractivity contribution is -0.119. The van der Waals surface area contributed by atoms with Crippen molar-refractivity contribution in [3.63, 3.8) is 0 Å². The van der Waals surface area contributed by atoms with E-state index in [9.17, 15) is 22.8 Å². The van der Waals surface area contributed by atoms with E-state index in [1.54, 1.807) is 24.3 Å². The molecule has 138 valence electrons. The van der Waals surface area contributed by atoms with Gasteiger partial charge in [-0.15, -0.1) is 11.8 Å². The summed E-state index contributed by atoms with van der Waals surface area (Å²) in [6.07, 6.45) is 1.15. The highest BCUT2D eigenvalue weighted by atomic mass is 35.5. The van der Waals surface area contributed by atoms with E-state index in [0.717, 1.165) is 11.1 Å². The number of hydrogen-bond donors (Lipinski definition) is 2. The number of carbonyl (C=O) groups excluding carboxylic acids is 2. The quantitative estimate of drug-likeness (QED) is 0.566. The Labute approximate surface area is 160 Å². The van der Waals surface area contributed by atoms with Crippen LogP contribution in [0.2, 0.25) is 5.02 Å². The molecule has 0 radical (unpaired) electrons. The molecular weight excluding hydrogens is 411 g/mol. The lowest BCUT2D eigenvalue weighted by Gasteiger charge is -2.11. The third kappa shape index (κ3) is 6.77. The number of alkyl halides is 3. The summed E-state index contributed by atoms with van der Waals surface area (Å²) in [6.45, 7) is 0. The lowest BCUT2D eigenvalue weighted by atomic mass is 10.3. The van der Waals surface area contributed by atoms with Gasteiger partial charge in [0.15, 0.2) is 0 Å². The molecule has 0 saturated heterocycles.